The van der Waals surface area contributed by atoms with Crippen molar-refractivity contribution in [3.8, 4) is 0 Å². The van der Waals surface area contributed by atoms with Crippen LogP contribution in [-0.2, 0) is 14.2 Å². The fraction of sp³-hybridized carbons (Fsp3) is 1.00. The van der Waals surface area contributed by atoms with Gasteiger partial charge in [-0.25, -0.2) is 0 Å². The molecule has 1 aliphatic rings. The molecule has 0 spiro atoms. The quantitative estimate of drug-likeness (QED) is 0.636. The fourth-order valence-electron chi connectivity index (χ4n) is 1.38. The van der Waals surface area contributed by atoms with Crippen LogP contribution in [0.25, 0.3) is 0 Å². The topological polar surface area (TPSA) is 39.7 Å². The fourth-order valence-corrected chi connectivity index (χ4v) is 1.38. The maximum Gasteiger partial charge on any atom is 0.0933 e. The first-order valence-corrected chi connectivity index (χ1v) is 5.77. The maximum absolute atomic E-state index is 5.49. The molecule has 0 aromatic rings. The molecule has 0 aliphatic carbocycles. The molecular formula is C11H23NO3. The Labute approximate surface area is 92.3 Å². The summed E-state index contributed by atoms with van der Waals surface area (Å²) in [5.74, 6) is 0.611. The van der Waals surface area contributed by atoms with Gasteiger partial charge in [0.25, 0.3) is 0 Å². The van der Waals surface area contributed by atoms with E-state index in [4.69, 9.17) is 14.2 Å². The smallest absolute Gasteiger partial charge is 0.0933 e. The molecule has 1 aliphatic heterocycles. The second-order valence-electron chi connectivity index (χ2n) is 4.24. The van der Waals surface area contributed by atoms with Crippen LogP contribution in [0.4, 0.5) is 0 Å². The van der Waals surface area contributed by atoms with E-state index in [2.05, 4.69) is 19.2 Å². The number of hydrogen-bond donors (Lipinski definition) is 1. The first-order chi connectivity index (χ1) is 7.29. The molecule has 90 valence electrons. The van der Waals surface area contributed by atoms with Crippen LogP contribution in [0.2, 0.25) is 0 Å². The third-order valence-corrected chi connectivity index (χ3v) is 2.13. The van der Waals surface area contributed by atoms with Crippen molar-refractivity contribution in [2.75, 3.05) is 46.1 Å². The average Bonchev–Trinajstić information content (AvgIpc) is 2.24. The molecule has 1 atom stereocenters. The minimum absolute atomic E-state index is 0.212. The monoisotopic (exact) mass is 217 g/mol. The van der Waals surface area contributed by atoms with Gasteiger partial charge in [-0.1, -0.05) is 13.8 Å². The molecule has 1 saturated heterocycles. The van der Waals surface area contributed by atoms with Crippen LogP contribution < -0.4 is 5.32 Å². The molecular weight excluding hydrogens is 194 g/mol. The summed E-state index contributed by atoms with van der Waals surface area (Å²) in [5.41, 5.74) is 0. The highest BCUT2D eigenvalue weighted by molar-refractivity contribution is 4.63. The minimum atomic E-state index is 0.212. The van der Waals surface area contributed by atoms with Crippen molar-refractivity contribution >= 4 is 0 Å². The molecule has 0 bridgehead atoms. The lowest BCUT2D eigenvalue weighted by Crippen LogP contribution is -2.38. The molecule has 0 aromatic heterocycles. The van der Waals surface area contributed by atoms with E-state index >= 15 is 0 Å². The van der Waals surface area contributed by atoms with E-state index in [9.17, 15) is 0 Å². The van der Waals surface area contributed by atoms with Gasteiger partial charge in [0.15, 0.2) is 0 Å². The van der Waals surface area contributed by atoms with E-state index in [1.165, 1.54) is 0 Å². The van der Waals surface area contributed by atoms with E-state index in [0.717, 1.165) is 39.5 Å². The molecule has 15 heavy (non-hydrogen) atoms. The van der Waals surface area contributed by atoms with Crippen LogP contribution in [0.1, 0.15) is 13.8 Å². The van der Waals surface area contributed by atoms with Crippen molar-refractivity contribution in [1.29, 1.82) is 0 Å². The second kappa shape index (κ2) is 8.05. The molecule has 1 fully saturated rings. The SMILES string of the molecule is CC(C)COCCNCC1COCCO1. The molecule has 1 heterocycles. The summed E-state index contributed by atoms with van der Waals surface area (Å²) in [6, 6.07) is 0. The molecule has 1 unspecified atom stereocenters. The van der Waals surface area contributed by atoms with Crippen molar-refractivity contribution < 1.29 is 14.2 Å². The van der Waals surface area contributed by atoms with Gasteiger partial charge in [0, 0.05) is 19.7 Å². The molecule has 0 aromatic carbocycles. The predicted molar refractivity (Wildman–Crippen MR) is 59.1 cm³/mol. The Hall–Kier alpha value is -0.160. The average molecular weight is 217 g/mol. The summed E-state index contributed by atoms with van der Waals surface area (Å²) >= 11 is 0. The first-order valence-electron chi connectivity index (χ1n) is 5.77. The highest BCUT2D eigenvalue weighted by Gasteiger charge is 2.12. The zero-order valence-corrected chi connectivity index (χ0v) is 9.83. The first kappa shape index (κ1) is 12.9. The van der Waals surface area contributed by atoms with E-state index < -0.39 is 0 Å². The molecule has 4 nitrogen and oxygen atoms in total. The van der Waals surface area contributed by atoms with Crippen molar-refractivity contribution in [2.24, 2.45) is 5.92 Å². The molecule has 0 saturated carbocycles. The summed E-state index contributed by atoms with van der Waals surface area (Å²) in [6.45, 7) is 9.80. The van der Waals surface area contributed by atoms with Gasteiger partial charge in [-0.2, -0.15) is 0 Å². The van der Waals surface area contributed by atoms with Gasteiger partial charge >= 0.3 is 0 Å². The van der Waals surface area contributed by atoms with E-state index in [0.29, 0.717) is 12.5 Å². The highest BCUT2D eigenvalue weighted by Crippen LogP contribution is 1.98. The summed E-state index contributed by atoms with van der Waals surface area (Å²) in [7, 11) is 0. The van der Waals surface area contributed by atoms with Crippen molar-refractivity contribution in [1.82, 2.24) is 5.32 Å². The van der Waals surface area contributed by atoms with Crippen molar-refractivity contribution in [3.63, 3.8) is 0 Å². The Morgan fingerprint density at radius 3 is 2.93 bits per heavy atom. The van der Waals surface area contributed by atoms with E-state index in [1.54, 1.807) is 0 Å². The van der Waals surface area contributed by atoms with Crippen LogP contribution >= 0.6 is 0 Å². The van der Waals surface area contributed by atoms with Gasteiger partial charge in [0.2, 0.25) is 0 Å². The zero-order valence-electron chi connectivity index (χ0n) is 9.83. The van der Waals surface area contributed by atoms with Crippen LogP contribution in [-0.4, -0.2) is 52.2 Å². The van der Waals surface area contributed by atoms with Gasteiger partial charge in [-0.3, -0.25) is 0 Å². The van der Waals surface area contributed by atoms with Crippen LogP contribution in [0, 0.1) is 5.92 Å². The zero-order chi connectivity index (χ0) is 10.9. The van der Waals surface area contributed by atoms with Crippen LogP contribution in [0.5, 0.6) is 0 Å². The summed E-state index contributed by atoms with van der Waals surface area (Å²) < 4.78 is 16.2. The van der Waals surface area contributed by atoms with E-state index in [1.807, 2.05) is 0 Å². The number of nitrogens with one attached hydrogen (secondary N) is 1. The van der Waals surface area contributed by atoms with Crippen LogP contribution in [0.15, 0.2) is 0 Å². The summed E-state index contributed by atoms with van der Waals surface area (Å²) in [4.78, 5) is 0. The molecule has 1 rings (SSSR count). The standard InChI is InChI=1S/C11H23NO3/c1-10(2)8-13-4-3-12-7-11-9-14-5-6-15-11/h10-12H,3-9H2,1-2H3. The van der Waals surface area contributed by atoms with Gasteiger partial charge < -0.3 is 19.5 Å². The lowest BCUT2D eigenvalue weighted by Gasteiger charge is -2.23. The second-order valence-corrected chi connectivity index (χ2v) is 4.24. The molecule has 1 N–H and O–H groups in total. The molecule has 0 amide bonds. The normalized spacial score (nSPS) is 22.2. The number of rotatable bonds is 7. The number of hydrogen-bond acceptors (Lipinski definition) is 4. The Balaban J connectivity index is 1.83. The molecule has 0 radical (unpaired) electrons. The minimum Gasteiger partial charge on any atom is -0.380 e. The van der Waals surface area contributed by atoms with Gasteiger partial charge in [-0.15, -0.1) is 0 Å². The van der Waals surface area contributed by atoms with Gasteiger partial charge in [-0.05, 0) is 5.92 Å². The predicted octanol–water partition coefficient (Wildman–Crippen LogP) is 0.664. The van der Waals surface area contributed by atoms with Gasteiger partial charge in [0.05, 0.1) is 32.5 Å². The third kappa shape index (κ3) is 6.84. The summed E-state index contributed by atoms with van der Waals surface area (Å²) in [5, 5.41) is 3.30. The largest absolute Gasteiger partial charge is 0.380 e. The lowest BCUT2D eigenvalue weighted by atomic mass is 10.2. The Morgan fingerprint density at radius 2 is 2.27 bits per heavy atom. The highest BCUT2D eigenvalue weighted by atomic mass is 16.6. The van der Waals surface area contributed by atoms with Crippen LogP contribution in [0.3, 0.4) is 0 Å². The van der Waals surface area contributed by atoms with Crippen molar-refractivity contribution in [2.45, 2.75) is 20.0 Å². The summed E-state index contributed by atoms with van der Waals surface area (Å²) in [6.07, 6.45) is 0.212. The lowest BCUT2D eigenvalue weighted by molar-refractivity contribution is -0.0866. The number of ether oxygens (including phenoxy) is 3. The Bertz CT molecular complexity index is 147. The Morgan fingerprint density at radius 1 is 1.40 bits per heavy atom. The van der Waals surface area contributed by atoms with Crippen molar-refractivity contribution in [3.05, 3.63) is 0 Å². The maximum atomic E-state index is 5.49. The third-order valence-electron chi connectivity index (χ3n) is 2.13. The van der Waals surface area contributed by atoms with Gasteiger partial charge in [0.1, 0.15) is 0 Å². The Kier molecular flexibility index (Phi) is 6.92. The molecule has 4 heteroatoms. The van der Waals surface area contributed by atoms with E-state index in [-0.39, 0.29) is 6.10 Å².